The van der Waals surface area contributed by atoms with Crippen LogP contribution in [-0.2, 0) is 0 Å². The SMILES string of the molecule is COc1ccc(-c2nn(-c3ccccc3)cc2C(=O)NCCN2CCN(c3ccccc3)CC2)cc1. The van der Waals surface area contributed by atoms with Crippen molar-refractivity contribution >= 4 is 11.6 Å². The molecular weight excluding hydrogens is 450 g/mol. The van der Waals surface area contributed by atoms with Gasteiger partial charge in [0.1, 0.15) is 11.4 Å². The van der Waals surface area contributed by atoms with Crippen molar-refractivity contribution in [3.63, 3.8) is 0 Å². The summed E-state index contributed by atoms with van der Waals surface area (Å²) in [5.41, 5.74) is 4.25. The molecule has 184 valence electrons. The molecule has 0 saturated carbocycles. The Labute approximate surface area is 211 Å². The van der Waals surface area contributed by atoms with Crippen LogP contribution in [0, 0.1) is 0 Å². The van der Waals surface area contributed by atoms with E-state index in [0.29, 0.717) is 17.8 Å². The number of benzene rings is 3. The highest BCUT2D eigenvalue weighted by Crippen LogP contribution is 2.26. The molecule has 7 heteroatoms. The highest BCUT2D eigenvalue weighted by atomic mass is 16.5. The van der Waals surface area contributed by atoms with E-state index in [1.165, 1.54) is 5.69 Å². The van der Waals surface area contributed by atoms with Crippen LogP contribution >= 0.6 is 0 Å². The predicted octanol–water partition coefficient (Wildman–Crippen LogP) is 4.10. The number of anilines is 1. The van der Waals surface area contributed by atoms with Gasteiger partial charge >= 0.3 is 0 Å². The average molecular weight is 482 g/mol. The van der Waals surface area contributed by atoms with E-state index in [1.54, 1.807) is 11.8 Å². The molecule has 0 radical (unpaired) electrons. The number of carbonyl (C=O) groups is 1. The number of piperazine rings is 1. The third-order valence-corrected chi connectivity index (χ3v) is 6.55. The predicted molar refractivity (Wildman–Crippen MR) is 143 cm³/mol. The standard InChI is InChI=1S/C29H31N5O2/c1-36-26-14-12-23(13-15-26)28-27(22-34(31-28)25-10-6-3-7-11-25)29(35)30-16-17-32-18-20-33(21-19-32)24-8-4-2-5-9-24/h2-15,22H,16-21H2,1H3,(H,30,35). The van der Waals surface area contributed by atoms with Gasteiger partial charge in [-0.25, -0.2) is 4.68 Å². The first kappa shape index (κ1) is 23.6. The quantitative estimate of drug-likeness (QED) is 0.411. The van der Waals surface area contributed by atoms with Gasteiger partial charge in [-0.15, -0.1) is 0 Å². The molecule has 4 aromatic rings. The molecule has 1 aliphatic rings. The van der Waals surface area contributed by atoms with Gasteiger partial charge < -0.3 is 15.0 Å². The summed E-state index contributed by atoms with van der Waals surface area (Å²) in [6.45, 7) is 5.34. The van der Waals surface area contributed by atoms with E-state index >= 15 is 0 Å². The molecule has 0 unspecified atom stereocenters. The van der Waals surface area contributed by atoms with E-state index in [1.807, 2.05) is 66.9 Å². The number of ether oxygens (including phenoxy) is 1. The van der Waals surface area contributed by atoms with Crippen LogP contribution in [0.3, 0.4) is 0 Å². The zero-order valence-electron chi connectivity index (χ0n) is 20.5. The molecule has 0 atom stereocenters. The normalized spacial score (nSPS) is 14.0. The highest BCUT2D eigenvalue weighted by molar-refractivity contribution is 6.00. The van der Waals surface area contributed by atoms with Gasteiger partial charge in [0.15, 0.2) is 0 Å². The van der Waals surface area contributed by atoms with Crippen LogP contribution in [0.1, 0.15) is 10.4 Å². The second-order valence-corrected chi connectivity index (χ2v) is 8.82. The minimum Gasteiger partial charge on any atom is -0.497 e. The van der Waals surface area contributed by atoms with Crippen LogP contribution < -0.4 is 15.0 Å². The molecule has 1 N–H and O–H groups in total. The number of methoxy groups -OCH3 is 1. The van der Waals surface area contributed by atoms with Crippen LogP contribution in [0.5, 0.6) is 5.75 Å². The lowest BCUT2D eigenvalue weighted by Crippen LogP contribution is -2.48. The van der Waals surface area contributed by atoms with Crippen molar-refractivity contribution in [3.8, 4) is 22.7 Å². The molecule has 0 spiro atoms. The van der Waals surface area contributed by atoms with Crippen molar-refractivity contribution in [3.05, 3.63) is 96.7 Å². The third-order valence-electron chi connectivity index (χ3n) is 6.55. The van der Waals surface area contributed by atoms with Crippen molar-refractivity contribution < 1.29 is 9.53 Å². The summed E-state index contributed by atoms with van der Waals surface area (Å²) in [5, 5.41) is 7.88. The maximum absolute atomic E-state index is 13.3. The lowest BCUT2D eigenvalue weighted by atomic mass is 10.1. The number of para-hydroxylation sites is 2. The molecule has 1 fully saturated rings. The molecule has 0 aliphatic carbocycles. The Morgan fingerprint density at radius 2 is 1.50 bits per heavy atom. The number of aromatic nitrogens is 2. The number of hydrogen-bond acceptors (Lipinski definition) is 5. The Morgan fingerprint density at radius 1 is 0.861 bits per heavy atom. The minimum absolute atomic E-state index is 0.120. The van der Waals surface area contributed by atoms with E-state index in [0.717, 1.165) is 49.7 Å². The van der Waals surface area contributed by atoms with E-state index < -0.39 is 0 Å². The zero-order chi connectivity index (χ0) is 24.7. The number of rotatable bonds is 8. The Balaban J connectivity index is 1.24. The molecule has 5 rings (SSSR count). The van der Waals surface area contributed by atoms with Crippen LogP contribution in [0.25, 0.3) is 16.9 Å². The van der Waals surface area contributed by atoms with Gasteiger partial charge in [0, 0.05) is 56.7 Å². The molecule has 2 heterocycles. The van der Waals surface area contributed by atoms with Gasteiger partial charge in [0.2, 0.25) is 0 Å². The number of nitrogens with zero attached hydrogens (tertiary/aromatic N) is 4. The summed E-state index contributed by atoms with van der Waals surface area (Å²) in [6, 6.07) is 28.0. The minimum atomic E-state index is -0.120. The molecule has 36 heavy (non-hydrogen) atoms. The fourth-order valence-corrected chi connectivity index (χ4v) is 4.51. The fourth-order valence-electron chi connectivity index (χ4n) is 4.51. The van der Waals surface area contributed by atoms with Gasteiger partial charge in [-0.2, -0.15) is 5.10 Å². The van der Waals surface area contributed by atoms with Crippen molar-refractivity contribution in [2.24, 2.45) is 0 Å². The van der Waals surface area contributed by atoms with E-state index in [9.17, 15) is 4.79 Å². The van der Waals surface area contributed by atoms with Crippen LogP contribution in [0.4, 0.5) is 5.69 Å². The molecular formula is C29H31N5O2. The van der Waals surface area contributed by atoms with E-state index in [4.69, 9.17) is 9.84 Å². The third kappa shape index (κ3) is 5.42. The van der Waals surface area contributed by atoms with Crippen molar-refractivity contribution in [2.45, 2.75) is 0 Å². The Hall–Kier alpha value is -4.10. The van der Waals surface area contributed by atoms with Gasteiger partial charge in [0.05, 0.1) is 18.4 Å². The Bertz CT molecular complexity index is 1260. The van der Waals surface area contributed by atoms with Crippen molar-refractivity contribution in [1.82, 2.24) is 20.0 Å². The summed E-state index contributed by atoms with van der Waals surface area (Å²) in [5.74, 6) is 0.644. The van der Waals surface area contributed by atoms with E-state index in [2.05, 4.69) is 39.4 Å². The van der Waals surface area contributed by atoms with E-state index in [-0.39, 0.29) is 5.91 Å². The van der Waals surface area contributed by atoms with Gasteiger partial charge in [-0.1, -0.05) is 36.4 Å². The summed E-state index contributed by atoms with van der Waals surface area (Å²) in [7, 11) is 1.64. The number of hydrogen-bond donors (Lipinski definition) is 1. The number of nitrogens with one attached hydrogen (secondary N) is 1. The maximum atomic E-state index is 13.3. The van der Waals surface area contributed by atoms with Crippen molar-refractivity contribution in [1.29, 1.82) is 0 Å². The Kier molecular flexibility index (Phi) is 7.28. The highest BCUT2D eigenvalue weighted by Gasteiger charge is 2.20. The number of carbonyl (C=O) groups excluding carboxylic acids is 1. The molecule has 3 aromatic carbocycles. The number of amides is 1. The summed E-state index contributed by atoms with van der Waals surface area (Å²) in [6.07, 6.45) is 1.81. The van der Waals surface area contributed by atoms with Gasteiger partial charge in [-0.05, 0) is 48.5 Å². The molecule has 1 saturated heterocycles. The average Bonchev–Trinajstić information content (AvgIpc) is 3.40. The monoisotopic (exact) mass is 481 g/mol. The van der Waals surface area contributed by atoms with Gasteiger partial charge in [-0.3, -0.25) is 9.69 Å². The Morgan fingerprint density at radius 3 is 2.14 bits per heavy atom. The summed E-state index contributed by atoms with van der Waals surface area (Å²) in [4.78, 5) is 18.1. The maximum Gasteiger partial charge on any atom is 0.255 e. The first-order valence-corrected chi connectivity index (χ1v) is 12.3. The van der Waals surface area contributed by atoms with Crippen LogP contribution in [-0.4, -0.2) is 67.0 Å². The van der Waals surface area contributed by atoms with Crippen LogP contribution in [0.2, 0.25) is 0 Å². The second-order valence-electron chi connectivity index (χ2n) is 8.82. The molecule has 1 aromatic heterocycles. The summed E-state index contributed by atoms with van der Waals surface area (Å²) < 4.78 is 7.05. The van der Waals surface area contributed by atoms with Gasteiger partial charge in [0.25, 0.3) is 5.91 Å². The topological polar surface area (TPSA) is 62.6 Å². The second kappa shape index (κ2) is 11.1. The molecule has 0 bridgehead atoms. The molecule has 1 aliphatic heterocycles. The summed E-state index contributed by atoms with van der Waals surface area (Å²) >= 11 is 0. The molecule has 1 amide bonds. The largest absolute Gasteiger partial charge is 0.497 e. The smallest absolute Gasteiger partial charge is 0.255 e. The lowest BCUT2D eigenvalue weighted by Gasteiger charge is -2.36. The first-order valence-electron chi connectivity index (χ1n) is 12.3. The fraction of sp³-hybridized carbons (Fsp3) is 0.241. The first-order chi connectivity index (χ1) is 17.7. The lowest BCUT2D eigenvalue weighted by molar-refractivity contribution is 0.0948. The van der Waals surface area contributed by atoms with Crippen molar-refractivity contribution in [2.75, 3.05) is 51.3 Å². The van der Waals surface area contributed by atoms with Crippen LogP contribution in [0.15, 0.2) is 91.1 Å². The zero-order valence-corrected chi connectivity index (χ0v) is 20.5. The molecule has 7 nitrogen and oxygen atoms in total.